The zero-order valence-electron chi connectivity index (χ0n) is 17.8. The molecule has 2 unspecified atom stereocenters. The standard InChI is InChI=1S/C26H25ClN2O3/c1-16-6-7-17(14-16)18-8-13-24(23(27)15-18)28-19-9-11-20(12-10-19)29-25(30)21-4-2-3-5-22(21)26(31)32/h2-5,8-13,15-17,28H,6-7,14H2,1H3,(H,29,30)(H,31,32). The van der Waals surface area contributed by atoms with Crippen LogP contribution in [0.1, 0.15) is 58.4 Å². The van der Waals surface area contributed by atoms with Gasteiger partial charge in [0, 0.05) is 11.4 Å². The average Bonchev–Trinajstić information content (AvgIpc) is 3.22. The maximum atomic E-state index is 12.5. The number of rotatable bonds is 6. The summed E-state index contributed by atoms with van der Waals surface area (Å²) in [5.41, 5.74) is 3.60. The quantitative estimate of drug-likeness (QED) is 0.381. The number of hydrogen-bond donors (Lipinski definition) is 3. The fourth-order valence-corrected chi connectivity index (χ4v) is 4.49. The molecule has 3 aromatic rings. The van der Waals surface area contributed by atoms with Gasteiger partial charge >= 0.3 is 5.97 Å². The van der Waals surface area contributed by atoms with Crippen LogP contribution in [-0.4, -0.2) is 17.0 Å². The predicted octanol–water partition coefficient (Wildman–Crippen LogP) is 6.94. The first-order valence-electron chi connectivity index (χ1n) is 10.7. The van der Waals surface area contributed by atoms with Crippen LogP contribution in [0.25, 0.3) is 0 Å². The molecule has 0 heterocycles. The number of hydrogen-bond acceptors (Lipinski definition) is 3. The van der Waals surface area contributed by atoms with E-state index in [0.717, 1.165) is 17.3 Å². The Labute approximate surface area is 192 Å². The zero-order chi connectivity index (χ0) is 22.7. The molecule has 6 heteroatoms. The highest BCUT2D eigenvalue weighted by Gasteiger charge is 2.23. The van der Waals surface area contributed by atoms with Crippen LogP contribution in [0.3, 0.4) is 0 Å². The van der Waals surface area contributed by atoms with Gasteiger partial charge in [-0.05, 0) is 78.8 Å². The Bertz CT molecular complexity index is 1140. The van der Waals surface area contributed by atoms with Gasteiger partial charge in [0.05, 0.1) is 21.8 Å². The fraction of sp³-hybridized carbons (Fsp3) is 0.231. The first-order chi connectivity index (χ1) is 15.4. The van der Waals surface area contributed by atoms with E-state index >= 15 is 0 Å². The molecular weight excluding hydrogens is 424 g/mol. The number of anilines is 3. The maximum Gasteiger partial charge on any atom is 0.336 e. The number of nitrogens with one attached hydrogen (secondary N) is 2. The van der Waals surface area contributed by atoms with Crippen molar-refractivity contribution in [1.29, 1.82) is 0 Å². The second-order valence-electron chi connectivity index (χ2n) is 8.36. The Kier molecular flexibility index (Phi) is 6.47. The van der Waals surface area contributed by atoms with Crippen molar-refractivity contribution >= 4 is 40.5 Å². The molecule has 1 aliphatic rings. The molecule has 0 aromatic heterocycles. The summed E-state index contributed by atoms with van der Waals surface area (Å²) in [6, 6.07) is 19.5. The van der Waals surface area contributed by atoms with Gasteiger partial charge in [0.2, 0.25) is 0 Å². The SMILES string of the molecule is CC1CCC(c2ccc(Nc3ccc(NC(=O)c4ccccc4C(=O)O)cc3)c(Cl)c2)C1. The summed E-state index contributed by atoms with van der Waals surface area (Å²) in [6.07, 6.45) is 3.70. The van der Waals surface area contributed by atoms with E-state index in [0.29, 0.717) is 16.6 Å². The van der Waals surface area contributed by atoms with E-state index < -0.39 is 11.9 Å². The number of halogens is 1. The van der Waals surface area contributed by atoms with E-state index in [9.17, 15) is 14.7 Å². The lowest BCUT2D eigenvalue weighted by Crippen LogP contribution is -2.16. The Balaban J connectivity index is 1.42. The van der Waals surface area contributed by atoms with Gasteiger partial charge in [0.1, 0.15) is 0 Å². The van der Waals surface area contributed by atoms with Crippen LogP contribution in [-0.2, 0) is 0 Å². The molecule has 2 atom stereocenters. The van der Waals surface area contributed by atoms with Gasteiger partial charge in [-0.2, -0.15) is 0 Å². The summed E-state index contributed by atoms with van der Waals surface area (Å²) in [7, 11) is 0. The molecule has 1 fully saturated rings. The van der Waals surface area contributed by atoms with Crippen molar-refractivity contribution in [2.24, 2.45) is 5.92 Å². The highest BCUT2D eigenvalue weighted by atomic mass is 35.5. The van der Waals surface area contributed by atoms with Gasteiger partial charge in [-0.3, -0.25) is 4.79 Å². The molecule has 5 nitrogen and oxygen atoms in total. The van der Waals surface area contributed by atoms with Crippen molar-refractivity contribution in [2.75, 3.05) is 10.6 Å². The molecule has 0 aliphatic heterocycles. The molecule has 32 heavy (non-hydrogen) atoms. The monoisotopic (exact) mass is 448 g/mol. The third-order valence-electron chi connectivity index (χ3n) is 5.98. The minimum absolute atomic E-state index is 0.0339. The van der Waals surface area contributed by atoms with Gasteiger partial charge in [-0.15, -0.1) is 0 Å². The van der Waals surface area contributed by atoms with Crippen LogP contribution < -0.4 is 10.6 Å². The Hall–Kier alpha value is -3.31. The zero-order valence-corrected chi connectivity index (χ0v) is 18.5. The van der Waals surface area contributed by atoms with E-state index in [1.165, 1.54) is 37.0 Å². The lowest BCUT2D eigenvalue weighted by atomic mass is 9.96. The van der Waals surface area contributed by atoms with Crippen LogP contribution in [0.4, 0.5) is 17.1 Å². The Morgan fingerprint density at radius 3 is 2.25 bits per heavy atom. The van der Waals surface area contributed by atoms with E-state index in [1.807, 2.05) is 18.2 Å². The number of carbonyl (C=O) groups excluding carboxylic acids is 1. The molecule has 1 amide bonds. The first kappa shape index (κ1) is 21.9. The van der Waals surface area contributed by atoms with Gasteiger partial charge in [-0.25, -0.2) is 4.79 Å². The molecule has 1 saturated carbocycles. The Morgan fingerprint density at radius 2 is 1.62 bits per heavy atom. The second-order valence-corrected chi connectivity index (χ2v) is 8.77. The molecule has 3 N–H and O–H groups in total. The fourth-order valence-electron chi connectivity index (χ4n) is 4.25. The van der Waals surface area contributed by atoms with Gasteiger partial charge < -0.3 is 15.7 Å². The smallest absolute Gasteiger partial charge is 0.336 e. The minimum atomic E-state index is -1.14. The van der Waals surface area contributed by atoms with Crippen molar-refractivity contribution < 1.29 is 14.7 Å². The molecule has 0 bridgehead atoms. The third kappa shape index (κ3) is 4.94. The van der Waals surface area contributed by atoms with E-state index in [-0.39, 0.29) is 11.1 Å². The third-order valence-corrected chi connectivity index (χ3v) is 6.30. The molecule has 164 valence electrons. The number of carboxylic acid groups (broad SMARTS) is 1. The van der Waals surface area contributed by atoms with E-state index in [1.54, 1.807) is 24.3 Å². The average molecular weight is 449 g/mol. The van der Waals surface area contributed by atoms with Crippen molar-refractivity contribution in [3.63, 3.8) is 0 Å². The highest BCUT2D eigenvalue weighted by molar-refractivity contribution is 6.33. The van der Waals surface area contributed by atoms with Crippen molar-refractivity contribution in [1.82, 2.24) is 0 Å². The number of carboxylic acids is 1. The highest BCUT2D eigenvalue weighted by Crippen LogP contribution is 2.40. The number of benzene rings is 3. The number of amides is 1. The van der Waals surface area contributed by atoms with Crippen LogP contribution in [0.2, 0.25) is 5.02 Å². The predicted molar refractivity (Wildman–Crippen MR) is 128 cm³/mol. The molecule has 1 aliphatic carbocycles. The van der Waals surface area contributed by atoms with Gasteiger partial charge in [-0.1, -0.05) is 43.1 Å². The summed E-state index contributed by atoms with van der Waals surface area (Å²) in [5, 5.41) is 16.0. The summed E-state index contributed by atoms with van der Waals surface area (Å²) < 4.78 is 0. The van der Waals surface area contributed by atoms with Crippen molar-refractivity contribution in [3.8, 4) is 0 Å². The molecule has 0 saturated heterocycles. The molecule has 4 rings (SSSR count). The second kappa shape index (κ2) is 9.45. The molecule has 3 aromatic carbocycles. The van der Waals surface area contributed by atoms with Crippen LogP contribution in [0.5, 0.6) is 0 Å². The molecule has 0 radical (unpaired) electrons. The van der Waals surface area contributed by atoms with Crippen molar-refractivity contribution in [2.45, 2.75) is 32.1 Å². The molecule has 0 spiro atoms. The van der Waals surface area contributed by atoms with Crippen LogP contribution in [0.15, 0.2) is 66.7 Å². The number of aromatic carboxylic acids is 1. The maximum absolute atomic E-state index is 12.5. The van der Waals surface area contributed by atoms with Crippen LogP contribution in [0, 0.1) is 5.92 Å². The lowest BCUT2D eigenvalue weighted by Gasteiger charge is -2.14. The minimum Gasteiger partial charge on any atom is -0.478 e. The topological polar surface area (TPSA) is 78.4 Å². The normalized spacial score (nSPS) is 17.7. The summed E-state index contributed by atoms with van der Waals surface area (Å²) in [4.78, 5) is 23.8. The lowest BCUT2D eigenvalue weighted by molar-refractivity contribution is 0.0692. The van der Waals surface area contributed by atoms with Gasteiger partial charge in [0.15, 0.2) is 0 Å². The summed E-state index contributed by atoms with van der Waals surface area (Å²) >= 11 is 6.53. The summed E-state index contributed by atoms with van der Waals surface area (Å²) in [6.45, 7) is 2.30. The Morgan fingerprint density at radius 1 is 0.938 bits per heavy atom. The molecular formula is C26H25ClN2O3. The summed E-state index contributed by atoms with van der Waals surface area (Å²) in [5.74, 6) is -0.247. The largest absolute Gasteiger partial charge is 0.478 e. The van der Waals surface area contributed by atoms with Crippen LogP contribution >= 0.6 is 11.6 Å². The van der Waals surface area contributed by atoms with E-state index in [4.69, 9.17) is 11.6 Å². The first-order valence-corrected chi connectivity index (χ1v) is 11.1. The van der Waals surface area contributed by atoms with Gasteiger partial charge in [0.25, 0.3) is 5.91 Å². The van der Waals surface area contributed by atoms with E-state index in [2.05, 4.69) is 29.7 Å². The number of carbonyl (C=O) groups is 2. The van der Waals surface area contributed by atoms with Crippen molar-refractivity contribution in [3.05, 3.63) is 88.4 Å².